The summed E-state index contributed by atoms with van der Waals surface area (Å²) in [5.41, 5.74) is -0.365. The van der Waals surface area contributed by atoms with Gasteiger partial charge in [-0.1, -0.05) is 6.07 Å². The molecule has 0 aromatic heterocycles. The molecule has 3 aromatic carbocycles. The monoisotopic (exact) mass is 511 g/mol. The molecule has 180 valence electrons. The van der Waals surface area contributed by atoms with Crippen LogP contribution in [0, 0.1) is 6.92 Å². The highest BCUT2D eigenvalue weighted by Crippen LogP contribution is 2.31. The van der Waals surface area contributed by atoms with E-state index in [0.717, 1.165) is 23.1 Å². The van der Waals surface area contributed by atoms with Crippen molar-refractivity contribution >= 4 is 27.8 Å². The Kier molecular flexibility index (Phi) is 7.90. The first-order chi connectivity index (χ1) is 16.0. The number of halogens is 3. The molecule has 0 radical (unpaired) electrons. The Morgan fingerprint density at radius 2 is 1.59 bits per heavy atom. The van der Waals surface area contributed by atoms with Gasteiger partial charge in [0.2, 0.25) is 10.0 Å². The average Bonchev–Trinajstić information content (AvgIpc) is 2.77. The Bertz CT molecular complexity index is 1260. The van der Waals surface area contributed by atoms with Gasteiger partial charge in [0.25, 0.3) is 0 Å². The SMILES string of the molecule is Cc1ccc(S(=O)(=O)NCCSc2ccc(Oc3ccc(C(F)(F)F)cc3)cc2)cc1C(=O)O. The third-order valence-corrected chi connectivity index (χ3v) is 7.13. The molecular formula is C23H20F3NO5S2. The molecule has 2 N–H and O–H groups in total. The number of benzene rings is 3. The van der Waals surface area contributed by atoms with E-state index < -0.39 is 27.7 Å². The third kappa shape index (κ3) is 6.75. The molecule has 34 heavy (non-hydrogen) atoms. The first kappa shape index (κ1) is 25.6. The van der Waals surface area contributed by atoms with Gasteiger partial charge in [-0.2, -0.15) is 13.2 Å². The molecule has 11 heteroatoms. The van der Waals surface area contributed by atoms with E-state index in [-0.39, 0.29) is 22.8 Å². The molecule has 0 aliphatic rings. The standard InChI is InChI=1S/C23H20F3NO5S2/c1-15-2-11-20(14-21(15)22(28)29)34(30,31)27-12-13-33-19-9-7-18(8-10-19)32-17-5-3-16(4-6-17)23(24,25)26/h2-11,14,27H,12-13H2,1H3,(H,28,29). The number of aromatic carboxylic acids is 1. The molecule has 0 aliphatic heterocycles. The molecule has 3 rings (SSSR count). The van der Waals surface area contributed by atoms with Crippen molar-refractivity contribution in [3.05, 3.63) is 83.4 Å². The van der Waals surface area contributed by atoms with Crippen LogP contribution in [-0.2, 0) is 16.2 Å². The molecule has 0 atom stereocenters. The van der Waals surface area contributed by atoms with Gasteiger partial charge in [-0.15, -0.1) is 11.8 Å². The van der Waals surface area contributed by atoms with E-state index in [4.69, 9.17) is 9.84 Å². The van der Waals surface area contributed by atoms with E-state index in [1.807, 2.05) is 0 Å². The van der Waals surface area contributed by atoms with Crippen molar-refractivity contribution in [2.45, 2.75) is 22.9 Å². The molecule has 0 spiro atoms. The Morgan fingerprint density at radius 1 is 1.00 bits per heavy atom. The lowest BCUT2D eigenvalue weighted by Crippen LogP contribution is -2.26. The quantitative estimate of drug-likeness (QED) is 0.288. The molecule has 0 saturated carbocycles. The lowest BCUT2D eigenvalue weighted by Gasteiger charge is -2.10. The number of hydrogen-bond donors (Lipinski definition) is 2. The minimum absolute atomic E-state index is 0.0733. The van der Waals surface area contributed by atoms with Gasteiger partial charge in [-0.05, 0) is 73.2 Å². The van der Waals surface area contributed by atoms with Gasteiger partial charge in [0.05, 0.1) is 16.0 Å². The number of rotatable bonds is 9. The van der Waals surface area contributed by atoms with Gasteiger partial charge in [0, 0.05) is 17.2 Å². The summed E-state index contributed by atoms with van der Waals surface area (Å²) in [5, 5.41) is 9.17. The summed E-state index contributed by atoms with van der Waals surface area (Å²) in [4.78, 5) is 11.9. The first-order valence-corrected chi connectivity index (χ1v) is 12.3. The predicted octanol–water partition coefficient (Wildman–Crippen LogP) is 5.57. The number of carbonyl (C=O) groups is 1. The fourth-order valence-electron chi connectivity index (χ4n) is 2.88. The number of nitrogens with one attached hydrogen (secondary N) is 1. The van der Waals surface area contributed by atoms with Gasteiger partial charge < -0.3 is 9.84 Å². The summed E-state index contributed by atoms with van der Waals surface area (Å²) < 4.78 is 70.7. The highest BCUT2D eigenvalue weighted by atomic mass is 32.2. The Labute approximate surface area is 198 Å². The second kappa shape index (κ2) is 10.5. The fraction of sp³-hybridized carbons (Fsp3) is 0.174. The van der Waals surface area contributed by atoms with E-state index in [1.165, 1.54) is 36.0 Å². The smallest absolute Gasteiger partial charge is 0.416 e. The third-order valence-electron chi connectivity index (χ3n) is 4.65. The summed E-state index contributed by atoms with van der Waals surface area (Å²) >= 11 is 1.38. The topological polar surface area (TPSA) is 92.7 Å². The van der Waals surface area contributed by atoms with Gasteiger partial charge in [-0.25, -0.2) is 17.9 Å². The summed E-state index contributed by atoms with van der Waals surface area (Å²) in [6, 6.07) is 15.1. The molecule has 0 saturated heterocycles. The van der Waals surface area contributed by atoms with Crippen LogP contribution >= 0.6 is 11.8 Å². The fourth-order valence-corrected chi connectivity index (χ4v) is 4.83. The number of carboxylic acid groups (broad SMARTS) is 1. The molecule has 0 aliphatic carbocycles. The van der Waals surface area contributed by atoms with E-state index in [9.17, 15) is 26.4 Å². The summed E-state index contributed by atoms with van der Waals surface area (Å²) in [5.74, 6) is -0.0741. The maximum Gasteiger partial charge on any atom is 0.416 e. The number of sulfonamides is 1. The normalized spacial score (nSPS) is 11.9. The maximum absolute atomic E-state index is 12.6. The van der Waals surface area contributed by atoms with Crippen LogP contribution in [0.3, 0.4) is 0 Å². The lowest BCUT2D eigenvalue weighted by molar-refractivity contribution is -0.137. The molecular weight excluding hydrogens is 491 g/mol. The van der Waals surface area contributed by atoms with Crippen molar-refractivity contribution in [3.8, 4) is 11.5 Å². The van der Waals surface area contributed by atoms with Crippen LogP contribution in [0.25, 0.3) is 0 Å². The van der Waals surface area contributed by atoms with Crippen LogP contribution in [-0.4, -0.2) is 31.8 Å². The maximum atomic E-state index is 12.6. The molecule has 0 bridgehead atoms. The molecule has 3 aromatic rings. The van der Waals surface area contributed by atoms with Crippen molar-refractivity contribution in [2.75, 3.05) is 12.3 Å². The van der Waals surface area contributed by atoms with Gasteiger partial charge >= 0.3 is 12.1 Å². The largest absolute Gasteiger partial charge is 0.478 e. The zero-order valence-corrected chi connectivity index (χ0v) is 19.4. The van der Waals surface area contributed by atoms with Crippen molar-refractivity contribution in [1.82, 2.24) is 4.72 Å². The second-order valence-electron chi connectivity index (χ2n) is 7.12. The van der Waals surface area contributed by atoms with Crippen molar-refractivity contribution in [1.29, 1.82) is 0 Å². The second-order valence-corrected chi connectivity index (χ2v) is 10.1. The zero-order valence-electron chi connectivity index (χ0n) is 17.8. The molecule has 0 unspecified atom stereocenters. The number of thioether (sulfide) groups is 1. The highest BCUT2D eigenvalue weighted by Gasteiger charge is 2.30. The number of alkyl halides is 3. The molecule has 6 nitrogen and oxygen atoms in total. The van der Waals surface area contributed by atoms with E-state index in [2.05, 4.69) is 4.72 Å². The Morgan fingerprint density at radius 3 is 2.15 bits per heavy atom. The van der Waals surface area contributed by atoms with Crippen LogP contribution in [0.5, 0.6) is 11.5 Å². The van der Waals surface area contributed by atoms with E-state index >= 15 is 0 Å². The predicted molar refractivity (Wildman–Crippen MR) is 122 cm³/mol. The minimum Gasteiger partial charge on any atom is -0.478 e. The van der Waals surface area contributed by atoms with Crippen LogP contribution < -0.4 is 9.46 Å². The zero-order chi connectivity index (χ0) is 24.9. The number of ether oxygens (including phenoxy) is 1. The first-order valence-electron chi connectivity index (χ1n) is 9.87. The van der Waals surface area contributed by atoms with Crippen molar-refractivity contribution < 1.29 is 36.2 Å². The number of hydrogen-bond acceptors (Lipinski definition) is 5. The van der Waals surface area contributed by atoms with Gasteiger partial charge in [0.15, 0.2) is 0 Å². The Hall–Kier alpha value is -3.02. The lowest BCUT2D eigenvalue weighted by atomic mass is 10.1. The highest BCUT2D eigenvalue weighted by molar-refractivity contribution is 7.99. The van der Waals surface area contributed by atoms with Crippen molar-refractivity contribution in [3.63, 3.8) is 0 Å². The number of carboxylic acids is 1. The van der Waals surface area contributed by atoms with Crippen LogP contribution in [0.4, 0.5) is 13.2 Å². The summed E-state index contributed by atoms with van der Waals surface area (Å²) in [6.45, 7) is 1.71. The van der Waals surface area contributed by atoms with Crippen molar-refractivity contribution in [2.24, 2.45) is 0 Å². The van der Waals surface area contributed by atoms with E-state index in [1.54, 1.807) is 31.2 Å². The van der Waals surface area contributed by atoms with Crippen LogP contribution in [0.2, 0.25) is 0 Å². The van der Waals surface area contributed by atoms with Gasteiger partial charge in [0.1, 0.15) is 11.5 Å². The molecule has 0 amide bonds. The van der Waals surface area contributed by atoms with Crippen LogP contribution in [0.15, 0.2) is 76.5 Å². The van der Waals surface area contributed by atoms with E-state index in [0.29, 0.717) is 17.1 Å². The van der Waals surface area contributed by atoms with Crippen LogP contribution in [0.1, 0.15) is 21.5 Å². The minimum atomic E-state index is -4.41. The molecule has 0 fully saturated rings. The molecule has 0 heterocycles. The summed E-state index contributed by atoms with van der Waals surface area (Å²) in [6.07, 6.45) is -4.41. The average molecular weight is 512 g/mol. The summed E-state index contributed by atoms with van der Waals surface area (Å²) in [7, 11) is -3.86. The Balaban J connectivity index is 1.51. The number of aryl methyl sites for hydroxylation is 1. The van der Waals surface area contributed by atoms with Gasteiger partial charge in [-0.3, -0.25) is 0 Å².